The van der Waals surface area contributed by atoms with Gasteiger partial charge in [0.05, 0.1) is 11.8 Å². The number of alkyl halides is 3. The lowest BCUT2D eigenvalue weighted by atomic mass is 9.98. The fourth-order valence-corrected chi connectivity index (χ4v) is 3.21. The summed E-state index contributed by atoms with van der Waals surface area (Å²) in [5, 5.41) is 3.66. The quantitative estimate of drug-likeness (QED) is 0.724. The lowest BCUT2D eigenvalue weighted by Crippen LogP contribution is -2.17. The van der Waals surface area contributed by atoms with Crippen molar-refractivity contribution in [1.29, 1.82) is 0 Å². The summed E-state index contributed by atoms with van der Waals surface area (Å²) >= 11 is 0. The molecule has 3 rings (SSSR count). The molecule has 1 aromatic carbocycles. The van der Waals surface area contributed by atoms with Crippen LogP contribution in [0, 0.1) is 0 Å². The molecular formula is C16H14F3NO4S. The molecule has 1 unspecified atom stereocenters. The molecule has 0 amide bonds. The van der Waals surface area contributed by atoms with Gasteiger partial charge in [-0.1, -0.05) is 5.16 Å². The second-order valence-corrected chi connectivity index (χ2v) is 7.23. The standard InChI is InChI=1S/C16H14F3NO4S/c1-25(22)8-10-6-11(23-16(17,18)19)4-5-12(10)14(21)13-7-20-24-15(13)9-2-3-9/h4-7,9H,2-3,8H2,1H3. The smallest absolute Gasteiger partial charge is 0.406 e. The first kappa shape index (κ1) is 17.7. The van der Waals surface area contributed by atoms with Gasteiger partial charge in [-0.2, -0.15) is 0 Å². The molecule has 5 nitrogen and oxygen atoms in total. The third-order valence-corrected chi connectivity index (χ3v) is 4.42. The van der Waals surface area contributed by atoms with Gasteiger partial charge in [0.1, 0.15) is 5.75 Å². The number of benzene rings is 1. The summed E-state index contributed by atoms with van der Waals surface area (Å²) in [7, 11) is -1.35. The number of carbonyl (C=O) groups excluding carboxylic acids is 1. The van der Waals surface area contributed by atoms with Crippen molar-refractivity contribution in [3.63, 3.8) is 0 Å². The maximum atomic E-state index is 12.8. The van der Waals surface area contributed by atoms with Crippen LogP contribution in [0.25, 0.3) is 0 Å². The van der Waals surface area contributed by atoms with Crippen LogP contribution in [0.3, 0.4) is 0 Å². The Labute approximate surface area is 143 Å². The van der Waals surface area contributed by atoms with Crippen LogP contribution in [0.5, 0.6) is 5.75 Å². The molecule has 0 spiro atoms. The van der Waals surface area contributed by atoms with E-state index in [1.165, 1.54) is 18.5 Å². The number of ether oxygens (including phenoxy) is 1. The van der Waals surface area contributed by atoms with Gasteiger partial charge in [-0.15, -0.1) is 13.2 Å². The van der Waals surface area contributed by atoms with E-state index in [0.29, 0.717) is 5.76 Å². The molecule has 0 saturated heterocycles. The van der Waals surface area contributed by atoms with Crippen molar-refractivity contribution in [1.82, 2.24) is 5.16 Å². The second kappa shape index (κ2) is 6.62. The van der Waals surface area contributed by atoms with Crippen LogP contribution in [0.2, 0.25) is 0 Å². The highest BCUT2D eigenvalue weighted by molar-refractivity contribution is 7.83. The first-order valence-corrected chi connectivity index (χ1v) is 9.15. The minimum atomic E-state index is -4.85. The van der Waals surface area contributed by atoms with Gasteiger partial charge in [-0.3, -0.25) is 9.00 Å². The largest absolute Gasteiger partial charge is 0.573 e. The molecule has 0 aliphatic heterocycles. The van der Waals surface area contributed by atoms with Crippen LogP contribution in [-0.4, -0.2) is 27.8 Å². The maximum Gasteiger partial charge on any atom is 0.573 e. The van der Waals surface area contributed by atoms with E-state index in [1.54, 1.807) is 0 Å². The summed E-state index contributed by atoms with van der Waals surface area (Å²) in [6.07, 6.45) is -0.329. The Bertz CT molecular complexity index is 827. The van der Waals surface area contributed by atoms with Crippen LogP contribution in [0.1, 0.15) is 46.0 Å². The van der Waals surface area contributed by atoms with Gasteiger partial charge in [-0.05, 0) is 36.6 Å². The average molecular weight is 373 g/mol. The zero-order chi connectivity index (χ0) is 18.2. The van der Waals surface area contributed by atoms with E-state index in [-0.39, 0.29) is 28.4 Å². The molecule has 1 heterocycles. The molecule has 2 aromatic rings. The minimum Gasteiger partial charge on any atom is -0.406 e. The Morgan fingerprint density at radius 1 is 1.36 bits per heavy atom. The predicted octanol–water partition coefficient (Wildman–Crippen LogP) is 3.56. The summed E-state index contributed by atoms with van der Waals surface area (Å²) in [6, 6.07) is 3.40. The van der Waals surface area contributed by atoms with Gasteiger partial charge in [0.25, 0.3) is 0 Å². The number of carbonyl (C=O) groups is 1. The fourth-order valence-electron chi connectivity index (χ4n) is 2.53. The van der Waals surface area contributed by atoms with Crippen LogP contribution >= 0.6 is 0 Å². The number of hydrogen-bond donors (Lipinski definition) is 0. The van der Waals surface area contributed by atoms with Gasteiger partial charge in [0.2, 0.25) is 0 Å². The number of nitrogens with zero attached hydrogens (tertiary/aromatic N) is 1. The average Bonchev–Trinajstić information content (AvgIpc) is 3.21. The Morgan fingerprint density at radius 2 is 2.08 bits per heavy atom. The number of aromatic nitrogens is 1. The highest BCUT2D eigenvalue weighted by Crippen LogP contribution is 2.42. The first-order valence-electron chi connectivity index (χ1n) is 7.42. The third kappa shape index (κ3) is 4.28. The van der Waals surface area contributed by atoms with Crippen LogP contribution in [-0.2, 0) is 16.6 Å². The monoisotopic (exact) mass is 373 g/mol. The van der Waals surface area contributed by atoms with Gasteiger partial charge in [0, 0.05) is 34.3 Å². The summed E-state index contributed by atoms with van der Waals surface area (Å²) in [4.78, 5) is 12.8. The van der Waals surface area contributed by atoms with E-state index in [4.69, 9.17) is 4.52 Å². The summed E-state index contributed by atoms with van der Waals surface area (Å²) in [5.41, 5.74) is 0.667. The molecule has 134 valence electrons. The maximum absolute atomic E-state index is 12.8. The number of hydrogen-bond acceptors (Lipinski definition) is 5. The fraction of sp³-hybridized carbons (Fsp3) is 0.375. The highest BCUT2D eigenvalue weighted by atomic mass is 32.2. The first-order chi connectivity index (χ1) is 11.7. The van der Waals surface area contributed by atoms with E-state index in [2.05, 4.69) is 9.89 Å². The Hall–Kier alpha value is -2.16. The molecule has 25 heavy (non-hydrogen) atoms. The predicted molar refractivity (Wildman–Crippen MR) is 82.8 cm³/mol. The van der Waals surface area contributed by atoms with E-state index in [9.17, 15) is 22.2 Å². The Balaban J connectivity index is 1.97. The van der Waals surface area contributed by atoms with Crippen molar-refractivity contribution < 1.29 is 31.4 Å². The molecule has 9 heteroatoms. The van der Waals surface area contributed by atoms with E-state index in [1.807, 2.05) is 0 Å². The second-order valence-electron chi connectivity index (χ2n) is 5.79. The Kier molecular flexibility index (Phi) is 4.68. The van der Waals surface area contributed by atoms with Crippen molar-refractivity contribution in [3.8, 4) is 5.75 Å². The summed E-state index contributed by atoms with van der Waals surface area (Å²) in [5.74, 6) is -0.304. The molecule has 0 bridgehead atoms. The van der Waals surface area contributed by atoms with Crippen LogP contribution in [0.4, 0.5) is 13.2 Å². The van der Waals surface area contributed by atoms with E-state index < -0.39 is 28.7 Å². The normalized spacial score (nSPS) is 15.8. The van der Waals surface area contributed by atoms with Crippen molar-refractivity contribution in [2.24, 2.45) is 0 Å². The molecule has 1 atom stereocenters. The van der Waals surface area contributed by atoms with Gasteiger partial charge in [-0.25, -0.2) is 0 Å². The van der Waals surface area contributed by atoms with Crippen molar-refractivity contribution >= 4 is 16.6 Å². The molecule has 1 aromatic heterocycles. The molecule has 1 aliphatic carbocycles. The molecule has 1 fully saturated rings. The summed E-state index contributed by atoms with van der Waals surface area (Å²) < 4.78 is 57.8. The minimum absolute atomic E-state index is 0.0693. The zero-order valence-electron chi connectivity index (χ0n) is 13.1. The summed E-state index contributed by atoms with van der Waals surface area (Å²) in [6.45, 7) is 0. The molecule has 0 N–H and O–H groups in total. The SMILES string of the molecule is CS(=O)Cc1cc(OC(F)(F)F)ccc1C(=O)c1cnoc1C1CC1. The van der Waals surface area contributed by atoms with Gasteiger partial charge < -0.3 is 9.26 Å². The molecule has 0 radical (unpaired) electrons. The van der Waals surface area contributed by atoms with E-state index in [0.717, 1.165) is 25.0 Å². The number of rotatable bonds is 6. The van der Waals surface area contributed by atoms with Gasteiger partial charge >= 0.3 is 6.36 Å². The number of halogens is 3. The molecule has 1 aliphatic rings. The van der Waals surface area contributed by atoms with Gasteiger partial charge in [0.15, 0.2) is 11.5 Å². The highest BCUT2D eigenvalue weighted by Gasteiger charge is 2.34. The lowest BCUT2D eigenvalue weighted by Gasteiger charge is -2.12. The van der Waals surface area contributed by atoms with Crippen molar-refractivity contribution in [3.05, 3.63) is 46.8 Å². The topological polar surface area (TPSA) is 69.4 Å². The van der Waals surface area contributed by atoms with Crippen molar-refractivity contribution in [2.45, 2.75) is 30.9 Å². The lowest BCUT2D eigenvalue weighted by molar-refractivity contribution is -0.274. The zero-order valence-corrected chi connectivity index (χ0v) is 13.9. The van der Waals surface area contributed by atoms with Crippen LogP contribution in [0.15, 0.2) is 28.9 Å². The molecular weight excluding hydrogens is 359 g/mol. The van der Waals surface area contributed by atoms with Crippen molar-refractivity contribution in [2.75, 3.05) is 6.26 Å². The molecule has 1 saturated carbocycles. The number of ketones is 1. The third-order valence-electron chi connectivity index (χ3n) is 3.70. The van der Waals surface area contributed by atoms with Crippen LogP contribution < -0.4 is 4.74 Å². The van der Waals surface area contributed by atoms with E-state index >= 15 is 0 Å². The Morgan fingerprint density at radius 3 is 2.68 bits per heavy atom.